The molecule has 0 radical (unpaired) electrons. The lowest BCUT2D eigenvalue weighted by Crippen LogP contribution is -3.16. The van der Waals surface area contributed by atoms with E-state index in [1.807, 2.05) is 24.3 Å². The molecule has 1 aromatic carbocycles. The van der Waals surface area contributed by atoms with Gasteiger partial charge in [0.2, 0.25) is 0 Å². The first kappa shape index (κ1) is 17.1. The molecule has 1 aliphatic rings. The number of anilines is 1. The largest absolute Gasteiger partial charge is 0.497 e. The van der Waals surface area contributed by atoms with Crippen molar-refractivity contribution in [3.05, 3.63) is 24.3 Å². The van der Waals surface area contributed by atoms with Crippen LogP contribution in [-0.4, -0.2) is 65.4 Å². The molecule has 1 amide bonds. The highest BCUT2D eigenvalue weighted by molar-refractivity contribution is 5.82. The number of rotatable bonds is 6. The SMILES string of the molecule is COC(=O)CNC(=O)C[NH+]1CCN(c2ccc(OC)cc2)CC1. The summed E-state index contributed by atoms with van der Waals surface area (Å²) in [6.07, 6.45) is 0. The van der Waals surface area contributed by atoms with E-state index in [-0.39, 0.29) is 12.5 Å². The second-order valence-corrected chi connectivity index (χ2v) is 5.46. The van der Waals surface area contributed by atoms with Gasteiger partial charge in [-0.1, -0.05) is 0 Å². The van der Waals surface area contributed by atoms with Crippen molar-refractivity contribution in [1.82, 2.24) is 5.32 Å². The summed E-state index contributed by atoms with van der Waals surface area (Å²) in [6.45, 7) is 3.88. The maximum absolute atomic E-state index is 11.8. The standard InChI is InChI=1S/C16H23N3O4/c1-22-14-5-3-13(4-6-14)19-9-7-18(8-10-19)12-15(20)17-11-16(21)23-2/h3-6H,7-12H2,1-2H3,(H,17,20)/p+1. The van der Waals surface area contributed by atoms with Crippen molar-refractivity contribution in [3.8, 4) is 5.75 Å². The van der Waals surface area contributed by atoms with E-state index in [9.17, 15) is 9.59 Å². The van der Waals surface area contributed by atoms with Crippen LogP contribution in [0, 0.1) is 0 Å². The van der Waals surface area contributed by atoms with Crippen LogP contribution in [0.3, 0.4) is 0 Å². The predicted octanol–water partition coefficient (Wildman–Crippen LogP) is -1.31. The van der Waals surface area contributed by atoms with Crippen LogP contribution in [0.2, 0.25) is 0 Å². The lowest BCUT2D eigenvalue weighted by Gasteiger charge is -2.33. The molecule has 0 aromatic heterocycles. The summed E-state index contributed by atoms with van der Waals surface area (Å²) in [4.78, 5) is 26.3. The molecule has 0 saturated carbocycles. The van der Waals surface area contributed by atoms with Crippen molar-refractivity contribution in [2.75, 3.05) is 58.4 Å². The maximum atomic E-state index is 11.8. The number of hydrogen-bond acceptors (Lipinski definition) is 5. The average molecular weight is 322 g/mol. The summed E-state index contributed by atoms with van der Waals surface area (Å²) < 4.78 is 9.66. The summed E-state index contributed by atoms with van der Waals surface area (Å²) >= 11 is 0. The molecule has 2 rings (SSSR count). The first-order chi connectivity index (χ1) is 11.1. The second kappa shape index (κ2) is 8.38. The van der Waals surface area contributed by atoms with E-state index >= 15 is 0 Å². The molecule has 1 heterocycles. The number of methoxy groups -OCH3 is 2. The maximum Gasteiger partial charge on any atom is 0.325 e. The Morgan fingerprint density at radius 3 is 2.39 bits per heavy atom. The van der Waals surface area contributed by atoms with Gasteiger partial charge in [0, 0.05) is 5.69 Å². The van der Waals surface area contributed by atoms with Gasteiger partial charge in [-0.05, 0) is 24.3 Å². The van der Waals surface area contributed by atoms with Gasteiger partial charge in [0.1, 0.15) is 12.3 Å². The van der Waals surface area contributed by atoms with E-state index < -0.39 is 5.97 Å². The second-order valence-electron chi connectivity index (χ2n) is 5.46. The molecule has 23 heavy (non-hydrogen) atoms. The molecule has 7 nitrogen and oxygen atoms in total. The minimum atomic E-state index is -0.433. The Labute approximate surface area is 136 Å². The minimum Gasteiger partial charge on any atom is -0.497 e. The van der Waals surface area contributed by atoms with Crippen LogP contribution < -0.4 is 19.9 Å². The number of piperazine rings is 1. The summed E-state index contributed by atoms with van der Waals surface area (Å²) in [5.74, 6) is 0.293. The number of benzene rings is 1. The van der Waals surface area contributed by atoms with E-state index in [2.05, 4.69) is 15.0 Å². The van der Waals surface area contributed by atoms with E-state index in [0.717, 1.165) is 31.9 Å². The quantitative estimate of drug-likeness (QED) is 0.636. The van der Waals surface area contributed by atoms with E-state index in [1.165, 1.54) is 17.7 Å². The van der Waals surface area contributed by atoms with E-state index in [4.69, 9.17) is 4.74 Å². The third-order valence-corrected chi connectivity index (χ3v) is 3.98. The Kier molecular flexibility index (Phi) is 6.22. The Morgan fingerprint density at radius 1 is 1.17 bits per heavy atom. The summed E-state index contributed by atoms with van der Waals surface area (Å²) in [6, 6.07) is 8.00. The van der Waals surface area contributed by atoms with Crippen molar-refractivity contribution in [2.45, 2.75) is 0 Å². The van der Waals surface area contributed by atoms with Gasteiger partial charge in [0.05, 0.1) is 40.4 Å². The Balaban J connectivity index is 1.74. The molecule has 0 bridgehead atoms. The van der Waals surface area contributed by atoms with E-state index in [1.54, 1.807) is 7.11 Å². The fourth-order valence-corrected chi connectivity index (χ4v) is 2.58. The lowest BCUT2D eigenvalue weighted by atomic mass is 10.2. The van der Waals surface area contributed by atoms with Gasteiger partial charge in [-0.3, -0.25) is 9.59 Å². The van der Waals surface area contributed by atoms with Gasteiger partial charge in [-0.15, -0.1) is 0 Å². The molecule has 0 spiro atoms. The number of carbonyl (C=O) groups excluding carboxylic acids is 2. The molecule has 2 N–H and O–H groups in total. The van der Waals surface area contributed by atoms with Crippen molar-refractivity contribution in [3.63, 3.8) is 0 Å². The molecule has 0 aliphatic carbocycles. The average Bonchev–Trinajstić information content (AvgIpc) is 2.60. The van der Waals surface area contributed by atoms with Gasteiger partial charge in [0.15, 0.2) is 6.54 Å². The fraction of sp³-hybridized carbons (Fsp3) is 0.500. The van der Waals surface area contributed by atoms with Crippen LogP contribution in [0.1, 0.15) is 0 Å². The minimum absolute atomic E-state index is 0.0689. The molecule has 0 atom stereocenters. The van der Waals surface area contributed by atoms with E-state index in [0.29, 0.717) is 6.54 Å². The topological polar surface area (TPSA) is 72.3 Å². The monoisotopic (exact) mass is 322 g/mol. The number of ether oxygens (including phenoxy) is 2. The zero-order valence-electron chi connectivity index (χ0n) is 13.6. The van der Waals surface area contributed by atoms with Crippen molar-refractivity contribution >= 4 is 17.6 Å². The Bertz CT molecular complexity index is 525. The lowest BCUT2D eigenvalue weighted by molar-refractivity contribution is -0.892. The zero-order chi connectivity index (χ0) is 16.7. The number of esters is 1. The number of amides is 1. The van der Waals surface area contributed by atoms with Crippen molar-refractivity contribution in [1.29, 1.82) is 0 Å². The van der Waals surface area contributed by atoms with Gasteiger partial charge in [-0.25, -0.2) is 0 Å². The molecule has 1 aromatic rings. The predicted molar refractivity (Wildman–Crippen MR) is 85.8 cm³/mol. The third kappa shape index (κ3) is 5.14. The molecule has 7 heteroatoms. The first-order valence-electron chi connectivity index (χ1n) is 7.68. The highest BCUT2D eigenvalue weighted by Crippen LogP contribution is 2.18. The zero-order valence-corrected chi connectivity index (χ0v) is 13.6. The third-order valence-electron chi connectivity index (χ3n) is 3.98. The summed E-state index contributed by atoms with van der Waals surface area (Å²) in [5, 5.41) is 2.57. The molecule has 1 aliphatic heterocycles. The van der Waals surface area contributed by atoms with Gasteiger partial charge >= 0.3 is 5.97 Å². The van der Waals surface area contributed by atoms with Gasteiger partial charge in [0.25, 0.3) is 5.91 Å². The van der Waals surface area contributed by atoms with Gasteiger partial charge < -0.3 is 24.6 Å². The molecule has 1 fully saturated rings. The van der Waals surface area contributed by atoms with Crippen LogP contribution in [0.4, 0.5) is 5.69 Å². The van der Waals surface area contributed by atoms with Crippen LogP contribution in [0.25, 0.3) is 0 Å². The van der Waals surface area contributed by atoms with Crippen LogP contribution in [0.15, 0.2) is 24.3 Å². The molecular weight excluding hydrogens is 298 g/mol. The number of carbonyl (C=O) groups is 2. The van der Waals surface area contributed by atoms with Crippen molar-refractivity contribution in [2.24, 2.45) is 0 Å². The van der Waals surface area contributed by atoms with Crippen LogP contribution in [0.5, 0.6) is 5.75 Å². The number of nitrogens with zero attached hydrogens (tertiary/aromatic N) is 1. The summed E-state index contributed by atoms with van der Waals surface area (Å²) in [5.41, 5.74) is 1.17. The highest BCUT2D eigenvalue weighted by atomic mass is 16.5. The fourth-order valence-electron chi connectivity index (χ4n) is 2.58. The molecule has 126 valence electrons. The smallest absolute Gasteiger partial charge is 0.325 e. The van der Waals surface area contributed by atoms with Crippen molar-refractivity contribution < 1.29 is 24.0 Å². The summed E-state index contributed by atoms with van der Waals surface area (Å²) in [7, 11) is 2.96. The molecular formula is C16H24N3O4+. The number of quaternary nitrogens is 1. The van der Waals surface area contributed by atoms with Crippen LogP contribution in [-0.2, 0) is 14.3 Å². The normalized spacial score (nSPS) is 15.1. The number of hydrogen-bond donors (Lipinski definition) is 2. The first-order valence-corrected chi connectivity index (χ1v) is 7.68. The molecule has 0 unspecified atom stereocenters. The molecule has 1 saturated heterocycles. The Hall–Kier alpha value is -2.28. The highest BCUT2D eigenvalue weighted by Gasteiger charge is 2.22. The van der Waals surface area contributed by atoms with Crippen LogP contribution >= 0.6 is 0 Å². The number of nitrogens with one attached hydrogen (secondary N) is 2. The Morgan fingerprint density at radius 2 is 1.83 bits per heavy atom. The van der Waals surface area contributed by atoms with Gasteiger partial charge in [-0.2, -0.15) is 0 Å².